The van der Waals surface area contributed by atoms with Gasteiger partial charge in [0.1, 0.15) is 12.1 Å². The van der Waals surface area contributed by atoms with E-state index in [2.05, 4.69) is 25.5 Å². The van der Waals surface area contributed by atoms with Gasteiger partial charge in [0.2, 0.25) is 5.91 Å². The molecule has 2 aromatic heterocycles. The van der Waals surface area contributed by atoms with Crippen LogP contribution in [0.4, 0.5) is 16.0 Å². The monoisotopic (exact) mass is 437 g/mol. The van der Waals surface area contributed by atoms with Gasteiger partial charge in [0.05, 0.1) is 30.1 Å². The van der Waals surface area contributed by atoms with E-state index < -0.39 is 5.82 Å². The van der Waals surface area contributed by atoms with Crippen LogP contribution in [0.5, 0.6) is 0 Å². The van der Waals surface area contributed by atoms with Crippen LogP contribution in [0.2, 0.25) is 0 Å². The normalized spacial score (nSPS) is 20.7. The topological polar surface area (TPSA) is 109 Å². The lowest BCUT2D eigenvalue weighted by molar-refractivity contribution is -0.118. The lowest BCUT2D eigenvalue weighted by atomic mass is 9.91. The first-order valence-electron chi connectivity index (χ1n) is 10.7. The lowest BCUT2D eigenvalue weighted by Crippen LogP contribution is -2.49. The zero-order valence-corrected chi connectivity index (χ0v) is 17.9. The van der Waals surface area contributed by atoms with Gasteiger partial charge in [-0.05, 0) is 50.3 Å². The molecule has 0 unspecified atom stereocenters. The summed E-state index contributed by atoms with van der Waals surface area (Å²) in [6.45, 7) is 2.06. The molecule has 10 heteroatoms. The number of carbonyl (C=O) groups excluding carboxylic acids is 1. The summed E-state index contributed by atoms with van der Waals surface area (Å²) in [5.74, 6) is 0.956. The van der Waals surface area contributed by atoms with Crippen LogP contribution in [0.3, 0.4) is 0 Å². The number of aromatic amines is 1. The minimum Gasteiger partial charge on any atom is -0.381 e. The van der Waals surface area contributed by atoms with Crippen LogP contribution in [-0.4, -0.2) is 56.9 Å². The van der Waals surface area contributed by atoms with Crippen LogP contribution in [0.15, 0.2) is 24.7 Å². The Bertz CT molecular complexity index is 1140. The third-order valence-electron chi connectivity index (χ3n) is 6.26. The number of aromatic nitrogens is 5. The Morgan fingerprint density at radius 2 is 1.97 bits per heavy atom. The molecule has 2 aliphatic rings. The van der Waals surface area contributed by atoms with E-state index in [1.807, 2.05) is 6.92 Å². The molecule has 3 heterocycles. The molecule has 5 rings (SSSR count). The first kappa shape index (κ1) is 20.5. The van der Waals surface area contributed by atoms with Gasteiger partial charge in [-0.15, -0.1) is 0 Å². The summed E-state index contributed by atoms with van der Waals surface area (Å²) in [7, 11) is 1.73. The predicted octanol–water partition coefficient (Wildman–Crippen LogP) is 3.09. The van der Waals surface area contributed by atoms with E-state index >= 15 is 0 Å². The van der Waals surface area contributed by atoms with Crippen molar-refractivity contribution in [2.45, 2.75) is 44.8 Å². The average molecular weight is 437 g/mol. The molecule has 2 N–H and O–H groups in total. The number of aryl methyl sites for hydroxylation is 1. The third kappa shape index (κ3) is 3.60. The van der Waals surface area contributed by atoms with E-state index in [4.69, 9.17) is 9.72 Å². The summed E-state index contributed by atoms with van der Waals surface area (Å²) in [4.78, 5) is 27.9. The van der Waals surface area contributed by atoms with Crippen molar-refractivity contribution in [2.24, 2.45) is 0 Å². The number of amides is 1. The SMILES string of the molecule is COC1CCC(N2C(=O)CNc3ncc(-c4cc(F)c(-c5ncn[nH]5)cc4C)nc32)CC1. The van der Waals surface area contributed by atoms with Crippen LogP contribution in [0.1, 0.15) is 31.2 Å². The van der Waals surface area contributed by atoms with Crippen LogP contribution >= 0.6 is 0 Å². The minimum absolute atomic E-state index is 0.0339. The number of carbonyl (C=O) groups is 1. The van der Waals surface area contributed by atoms with Gasteiger partial charge in [-0.25, -0.2) is 19.3 Å². The highest BCUT2D eigenvalue weighted by Gasteiger charge is 2.35. The van der Waals surface area contributed by atoms with E-state index in [1.165, 1.54) is 12.4 Å². The standard InChI is InChI=1S/C22H24FN7O2/c1-12-7-16(20-26-11-27-29-20)17(23)8-15(12)18-9-24-21-22(28-18)30(19(31)10-25-21)13-3-5-14(32-2)6-4-13/h7-9,11,13-14H,3-6,10H2,1-2H3,(H,24,25)(H,26,27,29). The highest BCUT2D eigenvalue weighted by molar-refractivity contribution is 6.01. The highest BCUT2D eigenvalue weighted by Crippen LogP contribution is 2.36. The Kier molecular flexibility index (Phi) is 5.30. The molecule has 9 nitrogen and oxygen atoms in total. The molecule has 0 atom stereocenters. The van der Waals surface area contributed by atoms with Gasteiger partial charge in [0.15, 0.2) is 17.5 Å². The summed E-state index contributed by atoms with van der Waals surface area (Å²) in [6.07, 6.45) is 6.66. The summed E-state index contributed by atoms with van der Waals surface area (Å²) in [5, 5.41) is 9.53. The fourth-order valence-electron chi connectivity index (χ4n) is 4.55. The van der Waals surface area contributed by atoms with Crippen molar-refractivity contribution >= 4 is 17.5 Å². The molecule has 32 heavy (non-hydrogen) atoms. The van der Waals surface area contributed by atoms with Crippen molar-refractivity contribution in [3.63, 3.8) is 0 Å². The summed E-state index contributed by atoms with van der Waals surface area (Å²) in [5.41, 5.74) is 2.27. The molecular weight excluding hydrogens is 413 g/mol. The number of H-pyrrole nitrogens is 1. The van der Waals surface area contributed by atoms with Gasteiger partial charge in [0.25, 0.3) is 0 Å². The second kappa shape index (κ2) is 8.27. The molecule has 1 saturated carbocycles. The second-order valence-corrected chi connectivity index (χ2v) is 8.19. The Morgan fingerprint density at radius 1 is 1.16 bits per heavy atom. The van der Waals surface area contributed by atoms with Crippen molar-refractivity contribution in [1.82, 2.24) is 25.1 Å². The van der Waals surface area contributed by atoms with Crippen LogP contribution in [-0.2, 0) is 9.53 Å². The molecule has 1 aliphatic carbocycles. The molecule has 0 saturated heterocycles. The number of benzene rings is 1. The van der Waals surface area contributed by atoms with Gasteiger partial charge >= 0.3 is 0 Å². The highest BCUT2D eigenvalue weighted by atomic mass is 19.1. The largest absolute Gasteiger partial charge is 0.381 e. The second-order valence-electron chi connectivity index (χ2n) is 8.19. The number of rotatable bonds is 4. The van der Waals surface area contributed by atoms with Crippen LogP contribution in [0, 0.1) is 12.7 Å². The molecule has 166 valence electrons. The van der Waals surface area contributed by atoms with E-state index in [1.54, 1.807) is 24.3 Å². The van der Waals surface area contributed by atoms with E-state index in [0.717, 1.165) is 31.2 Å². The van der Waals surface area contributed by atoms with E-state index in [0.29, 0.717) is 34.3 Å². The summed E-state index contributed by atoms with van der Waals surface area (Å²) in [6, 6.07) is 3.18. The van der Waals surface area contributed by atoms with Crippen molar-refractivity contribution < 1.29 is 13.9 Å². The van der Waals surface area contributed by atoms with Gasteiger partial charge in [0, 0.05) is 18.7 Å². The predicted molar refractivity (Wildman–Crippen MR) is 117 cm³/mol. The lowest BCUT2D eigenvalue weighted by Gasteiger charge is -2.38. The smallest absolute Gasteiger partial charge is 0.247 e. The van der Waals surface area contributed by atoms with Crippen LogP contribution < -0.4 is 10.2 Å². The van der Waals surface area contributed by atoms with E-state index in [9.17, 15) is 9.18 Å². The average Bonchev–Trinajstić information content (AvgIpc) is 3.35. The van der Waals surface area contributed by atoms with Crippen LogP contribution in [0.25, 0.3) is 22.6 Å². The molecule has 0 bridgehead atoms. The molecule has 0 radical (unpaired) electrons. The molecule has 1 fully saturated rings. The zero-order chi connectivity index (χ0) is 22.2. The number of anilines is 2. The van der Waals surface area contributed by atoms with Gasteiger partial charge in [-0.2, -0.15) is 5.10 Å². The summed E-state index contributed by atoms with van der Waals surface area (Å²) < 4.78 is 20.4. The van der Waals surface area contributed by atoms with E-state index in [-0.39, 0.29) is 24.6 Å². The number of hydrogen-bond donors (Lipinski definition) is 2. The Hall–Kier alpha value is -3.40. The van der Waals surface area contributed by atoms with Gasteiger partial charge < -0.3 is 10.1 Å². The fraction of sp³-hybridized carbons (Fsp3) is 0.409. The molecule has 1 aromatic carbocycles. The number of ether oxygens (including phenoxy) is 1. The minimum atomic E-state index is -0.439. The molecular formula is C22H24FN7O2. The fourth-order valence-corrected chi connectivity index (χ4v) is 4.55. The van der Waals surface area contributed by atoms with Crippen molar-refractivity contribution in [3.8, 4) is 22.6 Å². The molecule has 1 aliphatic heterocycles. The number of fused-ring (bicyclic) bond motifs is 1. The molecule has 0 spiro atoms. The first-order valence-corrected chi connectivity index (χ1v) is 10.7. The Morgan fingerprint density at radius 3 is 2.69 bits per heavy atom. The zero-order valence-electron chi connectivity index (χ0n) is 17.9. The maximum absolute atomic E-state index is 14.9. The van der Waals surface area contributed by atoms with Crippen molar-refractivity contribution in [2.75, 3.05) is 23.9 Å². The van der Waals surface area contributed by atoms with Gasteiger partial charge in [-0.3, -0.25) is 14.8 Å². The Balaban J connectivity index is 1.51. The number of halogens is 1. The molecule has 3 aromatic rings. The molecule has 1 amide bonds. The first-order chi connectivity index (χ1) is 15.5. The number of nitrogens with zero attached hydrogens (tertiary/aromatic N) is 5. The summed E-state index contributed by atoms with van der Waals surface area (Å²) >= 11 is 0. The van der Waals surface area contributed by atoms with Gasteiger partial charge in [-0.1, -0.05) is 0 Å². The number of nitrogens with one attached hydrogen (secondary N) is 2. The number of hydrogen-bond acceptors (Lipinski definition) is 7. The number of methoxy groups -OCH3 is 1. The Labute approximate surface area is 184 Å². The van der Waals surface area contributed by atoms with Crippen molar-refractivity contribution in [1.29, 1.82) is 0 Å². The quantitative estimate of drug-likeness (QED) is 0.646. The third-order valence-corrected chi connectivity index (χ3v) is 6.26. The maximum Gasteiger partial charge on any atom is 0.247 e. The maximum atomic E-state index is 14.9. The van der Waals surface area contributed by atoms with Crippen molar-refractivity contribution in [3.05, 3.63) is 36.0 Å².